The van der Waals surface area contributed by atoms with Gasteiger partial charge in [-0.2, -0.15) is 0 Å². The van der Waals surface area contributed by atoms with E-state index in [9.17, 15) is 14.4 Å². The number of aromatic nitrogens is 1. The molecule has 2 aromatic carbocycles. The smallest absolute Gasteiger partial charge is 0.409 e. The number of amides is 2. The Morgan fingerprint density at radius 3 is 2.37 bits per heavy atom. The summed E-state index contributed by atoms with van der Waals surface area (Å²) in [6.45, 7) is 0.0441. The summed E-state index contributed by atoms with van der Waals surface area (Å²) >= 11 is 0. The van der Waals surface area contributed by atoms with Crippen LogP contribution in [-0.2, 0) is 16.1 Å². The van der Waals surface area contributed by atoms with Crippen molar-refractivity contribution in [1.29, 1.82) is 0 Å². The van der Waals surface area contributed by atoms with E-state index in [1.165, 1.54) is 6.20 Å². The molecule has 3 aromatic rings. The molecule has 8 heteroatoms. The SMILES string of the molecule is NC(NC(=O)OCc1ccccc1)C(=O)Nc1ccccc1C(=O)c1ccccn1. The van der Waals surface area contributed by atoms with Crippen molar-refractivity contribution in [3.05, 3.63) is 95.8 Å². The fraction of sp³-hybridized carbons (Fsp3) is 0.0909. The Hall–Kier alpha value is -4.04. The van der Waals surface area contributed by atoms with Gasteiger partial charge in [0.05, 0.1) is 5.69 Å². The maximum atomic E-state index is 12.7. The van der Waals surface area contributed by atoms with E-state index in [1.54, 1.807) is 54.6 Å². The molecule has 0 aliphatic carbocycles. The number of carbonyl (C=O) groups is 3. The third kappa shape index (κ3) is 5.49. The lowest BCUT2D eigenvalue weighted by Crippen LogP contribution is -2.50. The number of hydrogen-bond donors (Lipinski definition) is 3. The van der Waals surface area contributed by atoms with E-state index in [-0.39, 0.29) is 29.3 Å². The molecule has 0 fully saturated rings. The highest BCUT2D eigenvalue weighted by Gasteiger charge is 2.20. The van der Waals surface area contributed by atoms with Gasteiger partial charge in [-0.1, -0.05) is 48.5 Å². The van der Waals surface area contributed by atoms with E-state index < -0.39 is 18.2 Å². The van der Waals surface area contributed by atoms with E-state index in [1.807, 2.05) is 18.2 Å². The molecule has 30 heavy (non-hydrogen) atoms. The van der Waals surface area contributed by atoms with Crippen LogP contribution < -0.4 is 16.4 Å². The van der Waals surface area contributed by atoms with Crippen molar-refractivity contribution in [2.45, 2.75) is 12.8 Å². The molecule has 0 spiro atoms. The molecule has 1 unspecified atom stereocenters. The Balaban J connectivity index is 1.60. The van der Waals surface area contributed by atoms with Gasteiger partial charge in [-0.25, -0.2) is 4.79 Å². The highest BCUT2D eigenvalue weighted by molar-refractivity contribution is 6.13. The summed E-state index contributed by atoms with van der Waals surface area (Å²) in [5, 5.41) is 4.82. The number of ether oxygens (including phenoxy) is 1. The zero-order valence-corrected chi connectivity index (χ0v) is 15.9. The van der Waals surface area contributed by atoms with E-state index >= 15 is 0 Å². The zero-order valence-electron chi connectivity index (χ0n) is 15.9. The second-order valence-electron chi connectivity index (χ2n) is 6.26. The van der Waals surface area contributed by atoms with E-state index in [2.05, 4.69) is 15.6 Å². The molecule has 2 amide bonds. The highest BCUT2D eigenvalue weighted by atomic mass is 16.5. The van der Waals surface area contributed by atoms with Crippen LogP contribution >= 0.6 is 0 Å². The van der Waals surface area contributed by atoms with Crippen LogP contribution in [0.2, 0.25) is 0 Å². The molecule has 0 radical (unpaired) electrons. The van der Waals surface area contributed by atoms with Gasteiger partial charge in [0.15, 0.2) is 6.17 Å². The van der Waals surface area contributed by atoms with Crippen LogP contribution in [-0.4, -0.2) is 28.9 Å². The van der Waals surface area contributed by atoms with Crippen molar-refractivity contribution in [3.8, 4) is 0 Å². The quantitative estimate of drug-likeness (QED) is 0.411. The summed E-state index contributed by atoms with van der Waals surface area (Å²) in [5.74, 6) is -1.05. The first-order valence-electron chi connectivity index (χ1n) is 9.13. The molecular weight excluding hydrogens is 384 g/mol. The molecule has 0 saturated heterocycles. The zero-order chi connectivity index (χ0) is 21.3. The number of nitrogens with two attached hydrogens (primary N) is 1. The molecule has 0 aliphatic heterocycles. The van der Waals surface area contributed by atoms with Gasteiger partial charge in [-0.05, 0) is 29.8 Å². The van der Waals surface area contributed by atoms with Gasteiger partial charge in [0, 0.05) is 11.8 Å². The van der Waals surface area contributed by atoms with Crippen LogP contribution in [0.5, 0.6) is 0 Å². The molecule has 1 aromatic heterocycles. The predicted octanol–water partition coefficient (Wildman–Crippen LogP) is 2.46. The third-order valence-corrected chi connectivity index (χ3v) is 4.10. The minimum Gasteiger partial charge on any atom is -0.445 e. The first-order valence-corrected chi connectivity index (χ1v) is 9.13. The number of nitrogens with one attached hydrogen (secondary N) is 2. The number of ketones is 1. The van der Waals surface area contributed by atoms with Crippen molar-refractivity contribution in [1.82, 2.24) is 10.3 Å². The number of hydrogen-bond acceptors (Lipinski definition) is 6. The van der Waals surface area contributed by atoms with Crippen molar-refractivity contribution in [3.63, 3.8) is 0 Å². The number of nitrogens with zero attached hydrogens (tertiary/aromatic N) is 1. The average molecular weight is 404 g/mol. The Morgan fingerprint density at radius 2 is 1.63 bits per heavy atom. The predicted molar refractivity (Wildman–Crippen MR) is 110 cm³/mol. The minimum atomic E-state index is -1.37. The molecule has 8 nitrogen and oxygen atoms in total. The third-order valence-electron chi connectivity index (χ3n) is 4.10. The second-order valence-corrected chi connectivity index (χ2v) is 6.26. The van der Waals surface area contributed by atoms with Crippen LogP contribution in [0, 0.1) is 0 Å². The standard InChI is InChI=1S/C22H20N4O4/c23-20(26-22(29)30-14-15-8-2-1-3-9-15)21(28)25-17-11-5-4-10-16(17)19(27)18-12-6-7-13-24-18/h1-13,20H,14,23H2,(H,25,28)(H,26,29). The summed E-state index contributed by atoms with van der Waals surface area (Å²) in [5.41, 5.74) is 7.30. The van der Waals surface area contributed by atoms with Gasteiger partial charge in [0.1, 0.15) is 12.3 Å². The Labute approximate surface area is 173 Å². The van der Waals surface area contributed by atoms with Gasteiger partial charge in [0.2, 0.25) is 5.78 Å². The molecule has 1 heterocycles. The monoisotopic (exact) mass is 404 g/mol. The van der Waals surface area contributed by atoms with Crippen molar-refractivity contribution in [2.75, 3.05) is 5.32 Å². The lowest BCUT2D eigenvalue weighted by molar-refractivity contribution is -0.118. The van der Waals surface area contributed by atoms with Gasteiger partial charge < -0.3 is 15.8 Å². The molecule has 0 bridgehead atoms. The maximum Gasteiger partial charge on any atom is 0.409 e. The normalized spacial score (nSPS) is 11.2. The number of pyridine rings is 1. The lowest BCUT2D eigenvalue weighted by atomic mass is 10.1. The first kappa shape index (κ1) is 20.7. The molecule has 0 aliphatic rings. The summed E-state index contributed by atoms with van der Waals surface area (Å²) in [6, 6.07) is 20.5. The van der Waals surface area contributed by atoms with Crippen LogP contribution in [0.4, 0.5) is 10.5 Å². The summed E-state index contributed by atoms with van der Waals surface area (Å²) < 4.78 is 5.05. The number of benzene rings is 2. The molecular formula is C22H20N4O4. The number of rotatable bonds is 7. The average Bonchev–Trinajstić information content (AvgIpc) is 2.79. The first-order chi connectivity index (χ1) is 14.5. The Bertz CT molecular complexity index is 1030. The highest BCUT2D eigenvalue weighted by Crippen LogP contribution is 2.18. The van der Waals surface area contributed by atoms with Crippen molar-refractivity contribution >= 4 is 23.5 Å². The molecule has 3 rings (SSSR count). The maximum absolute atomic E-state index is 12.7. The van der Waals surface area contributed by atoms with Gasteiger partial charge in [0.25, 0.3) is 5.91 Å². The summed E-state index contributed by atoms with van der Waals surface area (Å²) in [4.78, 5) is 41.0. The van der Waals surface area contributed by atoms with Crippen molar-refractivity contribution < 1.29 is 19.1 Å². The Morgan fingerprint density at radius 1 is 0.933 bits per heavy atom. The summed E-state index contributed by atoms with van der Waals surface area (Å²) in [6.07, 6.45) is -0.694. The van der Waals surface area contributed by atoms with Crippen LogP contribution in [0.1, 0.15) is 21.6 Å². The van der Waals surface area contributed by atoms with Gasteiger partial charge in [-0.3, -0.25) is 19.9 Å². The van der Waals surface area contributed by atoms with E-state index in [0.29, 0.717) is 0 Å². The topological polar surface area (TPSA) is 123 Å². The fourth-order valence-electron chi connectivity index (χ4n) is 2.59. The van der Waals surface area contributed by atoms with Gasteiger partial charge >= 0.3 is 6.09 Å². The number of carbonyl (C=O) groups excluding carboxylic acids is 3. The lowest BCUT2D eigenvalue weighted by Gasteiger charge is -2.15. The number of anilines is 1. The van der Waals surface area contributed by atoms with E-state index in [0.717, 1.165) is 5.56 Å². The second kappa shape index (κ2) is 9.94. The van der Waals surface area contributed by atoms with Crippen LogP contribution in [0.25, 0.3) is 0 Å². The van der Waals surface area contributed by atoms with E-state index in [4.69, 9.17) is 10.5 Å². The van der Waals surface area contributed by atoms with Crippen molar-refractivity contribution in [2.24, 2.45) is 5.73 Å². The molecule has 0 saturated carbocycles. The Kier molecular flexibility index (Phi) is 6.86. The summed E-state index contributed by atoms with van der Waals surface area (Å²) in [7, 11) is 0. The molecule has 4 N–H and O–H groups in total. The molecule has 1 atom stereocenters. The molecule has 152 valence electrons. The number of alkyl carbamates (subject to hydrolysis) is 1. The fourth-order valence-corrected chi connectivity index (χ4v) is 2.59. The number of para-hydroxylation sites is 1. The largest absolute Gasteiger partial charge is 0.445 e. The minimum absolute atomic E-state index is 0.0441. The van der Waals surface area contributed by atoms with Crippen LogP contribution in [0.15, 0.2) is 79.0 Å². The van der Waals surface area contributed by atoms with Gasteiger partial charge in [-0.15, -0.1) is 0 Å². The van der Waals surface area contributed by atoms with Crippen LogP contribution in [0.3, 0.4) is 0 Å².